The van der Waals surface area contributed by atoms with E-state index in [1.165, 1.54) is 0 Å². The number of ether oxygens (including phenoxy) is 1. The number of fused-ring (bicyclic) bond motifs is 1. The molecule has 0 aliphatic carbocycles. The van der Waals surface area contributed by atoms with Crippen LogP contribution in [0.25, 0.3) is 21.2 Å². The van der Waals surface area contributed by atoms with E-state index in [9.17, 15) is 9.59 Å². The molecule has 1 aliphatic heterocycles. The van der Waals surface area contributed by atoms with Crippen molar-refractivity contribution in [1.29, 1.82) is 0 Å². The molecular weight excluding hydrogens is 460 g/mol. The molecule has 0 aromatic heterocycles. The van der Waals surface area contributed by atoms with Gasteiger partial charge in [-0.3, -0.25) is 4.79 Å². The first-order valence-corrected chi connectivity index (χ1v) is 10.6. The maximum atomic E-state index is 13.3. The predicted molar refractivity (Wildman–Crippen MR) is 120 cm³/mol. The van der Waals surface area contributed by atoms with Crippen molar-refractivity contribution in [3.05, 3.63) is 92.8 Å². The predicted octanol–water partition coefficient (Wildman–Crippen LogP) is 5.41. The van der Waals surface area contributed by atoms with Crippen molar-refractivity contribution in [3.8, 4) is 0 Å². The Balaban J connectivity index is 1.64. The van der Waals surface area contributed by atoms with Gasteiger partial charge in [0.2, 0.25) is 5.91 Å². The molecule has 1 fully saturated rings. The molecule has 0 bridgehead atoms. The number of carbonyl (C=O) groups is 2. The van der Waals surface area contributed by atoms with Gasteiger partial charge >= 0.3 is 6.09 Å². The fraction of sp³-hybridized carbons (Fsp3) is 0.217. The second kappa shape index (κ2) is 9.20. The van der Waals surface area contributed by atoms with E-state index in [1.54, 1.807) is 0 Å². The zero-order chi connectivity index (χ0) is 21.8. The lowest BCUT2D eigenvalue weighted by atomic mass is 9.98. The highest BCUT2D eigenvalue weighted by atomic mass is 79.9. The molecule has 156 valence electrons. The zero-order valence-electron chi connectivity index (χ0n) is 16.5. The lowest BCUT2D eigenvalue weighted by molar-refractivity contribution is -0.130. The highest BCUT2D eigenvalue weighted by Crippen LogP contribution is 2.29. The highest BCUT2D eigenvalue weighted by Gasteiger charge is 2.40. The van der Waals surface area contributed by atoms with E-state index in [4.69, 9.17) is 10.3 Å². The van der Waals surface area contributed by atoms with Crippen molar-refractivity contribution in [2.24, 2.45) is 5.11 Å². The van der Waals surface area contributed by atoms with Gasteiger partial charge in [-0.25, -0.2) is 9.69 Å². The van der Waals surface area contributed by atoms with E-state index in [-0.39, 0.29) is 13.0 Å². The fourth-order valence-electron chi connectivity index (χ4n) is 3.88. The second-order valence-corrected chi connectivity index (χ2v) is 8.15. The molecule has 2 atom stereocenters. The minimum atomic E-state index is -1.07. The van der Waals surface area contributed by atoms with Crippen LogP contribution < -0.4 is 0 Å². The standard InChI is InChI=1S/C23H19BrN4O3/c24-20-11-10-16-8-4-5-9-18(16)19(20)13-21(26-27-25)22(29)28-17(14-31-23(28)30)12-15-6-2-1-3-7-15/h1-11,17,21H,12-14H2/t17-,21-/m0/s1. The number of hydrogen-bond donors (Lipinski definition) is 0. The number of azide groups is 1. The Labute approximate surface area is 187 Å². The Hall–Kier alpha value is -3.35. The molecule has 0 saturated carbocycles. The van der Waals surface area contributed by atoms with Gasteiger partial charge in [0.1, 0.15) is 12.6 Å². The van der Waals surface area contributed by atoms with Crippen LogP contribution in [0.5, 0.6) is 0 Å². The molecule has 4 rings (SSSR count). The van der Waals surface area contributed by atoms with E-state index in [2.05, 4.69) is 26.0 Å². The number of nitrogens with zero attached hydrogens (tertiary/aromatic N) is 4. The third-order valence-corrected chi connectivity index (χ3v) is 6.11. The summed E-state index contributed by atoms with van der Waals surface area (Å²) in [5.74, 6) is -0.555. The Morgan fingerprint density at radius 2 is 1.90 bits per heavy atom. The van der Waals surface area contributed by atoms with E-state index < -0.39 is 24.1 Å². The first kappa shape index (κ1) is 20.9. The monoisotopic (exact) mass is 478 g/mol. The molecule has 8 heteroatoms. The van der Waals surface area contributed by atoms with Crippen molar-refractivity contribution >= 4 is 38.7 Å². The number of carbonyl (C=O) groups excluding carboxylic acids is 2. The van der Waals surface area contributed by atoms with Crippen LogP contribution in [0.3, 0.4) is 0 Å². The molecule has 3 aromatic carbocycles. The molecule has 1 aliphatic rings. The molecule has 0 radical (unpaired) electrons. The summed E-state index contributed by atoms with van der Waals surface area (Å²) in [5.41, 5.74) is 10.9. The topological polar surface area (TPSA) is 95.4 Å². The van der Waals surface area contributed by atoms with Gasteiger partial charge in [-0.1, -0.05) is 81.7 Å². The Bertz CT molecular complexity index is 1180. The van der Waals surface area contributed by atoms with Crippen molar-refractivity contribution in [2.75, 3.05) is 6.61 Å². The van der Waals surface area contributed by atoms with Crippen molar-refractivity contribution in [1.82, 2.24) is 4.90 Å². The van der Waals surface area contributed by atoms with Crippen LogP contribution in [0, 0.1) is 0 Å². The first-order valence-electron chi connectivity index (χ1n) is 9.82. The minimum Gasteiger partial charge on any atom is -0.447 e. The highest BCUT2D eigenvalue weighted by molar-refractivity contribution is 9.10. The summed E-state index contributed by atoms with van der Waals surface area (Å²) >= 11 is 3.55. The van der Waals surface area contributed by atoms with Gasteiger partial charge < -0.3 is 4.74 Å². The quantitative estimate of drug-likeness (QED) is 0.269. The molecule has 2 amide bonds. The third kappa shape index (κ3) is 4.40. The number of cyclic esters (lactones) is 1. The lowest BCUT2D eigenvalue weighted by Gasteiger charge is -2.23. The molecule has 0 unspecified atom stereocenters. The number of amides is 2. The van der Waals surface area contributed by atoms with Gasteiger partial charge in [0, 0.05) is 9.38 Å². The summed E-state index contributed by atoms with van der Waals surface area (Å²) in [7, 11) is 0. The van der Waals surface area contributed by atoms with Gasteiger partial charge in [-0.15, -0.1) is 0 Å². The summed E-state index contributed by atoms with van der Waals surface area (Å²) in [4.78, 5) is 29.7. The van der Waals surface area contributed by atoms with E-state index in [1.807, 2.05) is 66.7 Å². The fourth-order valence-corrected chi connectivity index (χ4v) is 4.39. The van der Waals surface area contributed by atoms with Crippen LogP contribution in [-0.4, -0.2) is 35.6 Å². The van der Waals surface area contributed by atoms with Gasteiger partial charge in [0.15, 0.2) is 0 Å². The lowest BCUT2D eigenvalue weighted by Crippen LogP contribution is -2.45. The van der Waals surface area contributed by atoms with E-state index in [0.29, 0.717) is 6.42 Å². The normalized spacial score (nSPS) is 16.6. The van der Waals surface area contributed by atoms with Gasteiger partial charge in [-0.2, -0.15) is 0 Å². The Morgan fingerprint density at radius 1 is 1.16 bits per heavy atom. The molecular formula is C23H19BrN4O3. The number of hydrogen-bond acceptors (Lipinski definition) is 4. The van der Waals surface area contributed by atoms with Crippen LogP contribution in [-0.2, 0) is 22.4 Å². The van der Waals surface area contributed by atoms with Crippen molar-refractivity contribution in [3.63, 3.8) is 0 Å². The second-order valence-electron chi connectivity index (χ2n) is 7.30. The zero-order valence-corrected chi connectivity index (χ0v) is 18.1. The largest absolute Gasteiger partial charge is 0.447 e. The number of imide groups is 1. The summed E-state index contributed by atoms with van der Waals surface area (Å²) < 4.78 is 5.97. The van der Waals surface area contributed by atoms with Gasteiger partial charge in [0.25, 0.3) is 0 Å². The van der Waals surface area contributed by atoms with Crippen molar-refractivity contribution in [2.45, 2.75) is 24.9 Å². The number of rotatable bonds is 6. The average molecular weight is 479 g/mol. The van der Waals surface area contributed by atoms with E-state index in [0.717, 1.165) is 31.3 Å². The smallest absolute Gasteiger partial charge is 0.416 e. The van der Waals surface area contributed by atoms with E-state index >= 15 is 0 Å². The Morgan fingerprint density at radius 3 is 2.68 bits per heavy atom. The molecule has 31 heavy (non-hydrogen) atoms. The van der Waals surface area contributed by atoms with Crippen LogP contribution in [0.2, 0.25) is 0 Å². The molecule has 3 aromatic rings. The van der Waals surface area contributed by atoms with Crippen LogP contribution in [0.1, 0.15) is 11.1 Å². The molecule has 7 nitrogen and oxygen atoms in total. The SMILES string of the molecule is [N-]=[N+]=N[C@@H](Cc1c(Br)ccc2ccccc12)C(=O)N1C(=O)OC[C@@H]1Cc1ccccc1. The molecule has 1 saturated heterocycles. The number of benzene rings is 3. The summed E-state index contributed by atoms with van der Waals surface area (Å²) in [6.07, 6.45) is -0.0765. The summed E-state index contributed by atoms with van der Waals surface area (Å²) in [6.45, 7) is 0.112. The average Bonchev–Trinajstić information content (AvgIpc) is 3.15. The van der Waals surface area contributed by atoms with Crippen LogP contribution >= 0.6 is 15.9 Å². The van der Waals surface area contributed by atoms with Gasteiger partial charge in [0.05, 0.1) is 6.04 Å². The summed E-state index contributed by atoms with van der Waals surface area (Å²) in [6, 6.07) is 19.7. The van der Waals surface area contributed by atoms with Crippen LogP contribution in [0.15, 0.2) is 76.3 Å². The molecule has 0 N–H and O–H groups in total. The molecule has 0 spiro atoms. The van der Waals surface area contributed by atoms with Crippen LogP contribution in [0.4, 0.5) is 4.79 Å². The number of halogens is 1. The third-order valence-electron chi connectivity index (χ3n) is 5.37. The maximum Gasteiger partial charge on any atom is 0.416 e. The maximum absolute atomic E-state index is 13.3. The van der Waals surface area contributed by atoms with Gasteiger partial charge in [-0.05, 0) is 46.3 Å². The molecule has 1 heterocycles. The summed E-state index contributed by atoms with van der Waals surface area (Å²) in [5, 5.41) is 5.71. The Kier molecular flexibility index (Phi) is 6.21. The minimum absolute atomic E-state index is 0.112. The first-order chi connectivity index (χ1) is 15.1. The van der Waals surface area contributed by atoms with Crippen molar-refractivity contribution < 1.29 is 14.3 Å².